The zero-order valence-corrected chi connectivity index (χ0v) is 16.9. The van der Waals surface area contributed by atoms with Crippen LogP contribution in [0.1, 0.15) is 23.7 Å². The van der Waals surface area contributed by atoms with Crippen LogP contribution in [0.3, 0.4) is 0 Å². The highest BCUT2D eigenvalue weighted by molar-refractivity contribution is 8.00. The molecule has 0 aliphatic carbocycles. The molecule has 138 valence electrons. The smallest absolute Gasteiger partial charge is 0.256 e. The number of nitrogens with one attached hydrogen (secondary N) is 1. The van der Waals surface area contributed by atoms with Crippen molar-refractivity contribution in [3.63, 3.8) is 0 Å². The molecule has 1 fully saturated rings. The lowest BCUT2D eigenvalue weighted by Gasteiger charge is -2.28. The Kier molecular flexibility index (Phi) is 7.43. The van der Waals surface area contributed by atoms with Gasteiger partial charge in [-0.15, -0.1) is 11.8 Å². The number of thioether (sulfide) groups is 1. The van der Waals surface area contributed by atoms with Crippen LogP contribution in [-0.2, 0) is 4.79 Å². The zero-order chi connectivity index (χ0) is 18.6. The Hall–Kier alpha value is -0.950. The summed E-state index contributed by atoms with van der Waals surface area (Å²) in [6.07, 6.45) is 0.767. The Morgan fingerprint density at radius 3 is 2.68 bits per heavy atom. The summed E-state index contributed by atoms with van der Waals surface area (Å²) < 4.78 is 0. The number of likely N-dealkylation sites (N-methyl/N-ethyl adjacent to an activating group) is 1. The molecule has 1 aliphatic rings. The van der Waals surface area contributed by atoms with E-state index in [-0.39, 0.29) is 17.2 Å². The molecular weight excluding hydrogens is 381 g/mol. The Balaban J connectivity index is 2.18. The fourth-order valence-electron chi connectivity index (χ4n) is 2.67. The molecule has 5 nitrogen and oxygen atoms in total. The Labute approximate surface area is 163 Å². The molecule has 2 atom stereocenters. The molecule has 1 saturated heterocycles. The number of hydrogen-bond acceptors (Lipinski definition) is 4. The second kappa shape index (κ2) is 9.12. The summed E-state index contributed by atoms with van der Waals surface area (Å²) in [6.45, 7) is 3.31. The maximum absolute atomic E-state index is 13.0. The first-order valence-electron chi connectivity index (χ1n) is 8.17. The monoisotopic (exact) mass is 403 g/mol. The first-order valence-corrected chi connectivity index (χ1v) is 9.97. The van der Waals surface area contributed by atoms with Gasteiger partial charge in [-0.05, 0) is 38.7 Å². The number of benzene rings is 1. The number of amides is 2. The number of hydrogen-bond donors (Lipinski definition) is 1. The lowest BCUT2D eigenvalue weighted by atomic mass is 10.1. The van der Waals surface area contributed by atoms with Gasteiger partial charge in [0.1, 0.15) is 6.04 Å². The SMILES string of the molecule is CCC1SCC(C(=O)NCCN(C)C)N1C(=O)c1ccc(Cl)cc1Cl. The van der Waals surface area contributed by atoms with E-state index in [1.165, 1.54) is 0 Å². The van der Waals surface area contributed by atoms with E-state index >= 15 is 0 Å². The van der Waals surface area contributed by atoms with Crippen LogP contribution < -0.4 is 5.32 Å². The molecule has 0 radical (unpaired) electrons. The van der Waals surface area contributed by atoms with Gasteiger partial charge in [0.25, 0.3) is 5.91 Å². The van der Waals surface area contributed by atoms with Crippen LogP contribution in [0.25, 0.3) is 0 Å². The van der Waals surface area contributed by atoms with Crippen molar-refractivity contribution in [1.29, 1.82) is 0 Å². The minimum absolute atomic E-state index is 0.0381. The van der Waals surface area contributed by atoms with Gasteiger partial charge < -0.3 is 15.1 Å². The van der Waals surface area contributed by atoms with Crippen LogP contribution in [0.4, 0.5) is 0 Å². The van der Waals surface area contributed by atoms with Crippen molar-refractivity contribution in [2.45, 2.75) is 24.8 Å². The second-order valence-corrected chi connectivity index (χ2v) is 8.20. The summed E-state index contributed by atoms with van der Waals surface area (Å²) in [5.74, 6) is 0.235. The molecule has 0 saturated carbocycles. The van der Waals surface area contributed by atoms with E-state index in [0.29, 0.717) is 27.9 Å². The predicted molar refractivity (Wildman–Crippen MR) is 105 cm³/mol. The molecule has 2 rings (SSSR count). The van der Waals surface area contributed by atoms with Crippen molar-refractivity contribution >= 4 is 46.8 Å². The summed E-state index contributed by atoms with van der Waals surface area (Å²) in [5.41, 5.74) is 0.373. The minimum atomic E-state index is -0.489. The first kappa shape index (κ1) is 20.4. The summed E-state index contributed by atoms with van der Waals surface area (Å²) in [4.78, 5) is 29.3. The summed E-state index contributed by atoms with van der Waals surface area (Å²) in [6, 6.07) is 4.31. The van der Waals surface area contributed by atoms with Gasteiger partial charge in [0.15, 0.2) is 0 Å². The third kappa shape index (κ3) is 5.03. The average Bonchev–Trinajstić information content (AvgIpc) is 2.97. The summed E-state index contributed by atoms with van der Waals surface area (Å²) in [5, 5.41) is 3.66. The van der Waals surface area contributed by atoms with Crippen LogP contribution in [-0.4, -0.2) is 66.0 Å². The third-order valence-corrected chi connectivity index (χ3v) is 6.00. The molecular formula is C17H23Cl2N3O2S. The zero-order valence-electron chi connectivity index (χ0n) is 14.6. The number of nitrogens with zero attached hydrogens (tertiary/aromatic N) is 2. The standard InChI is InChI=1S/C17H23Cl2N3O2S/c1-4-15-22(17(24)12-6-5-11(18)9-13(12)19)14(10-25-15)16(23)20-7-8-21(2)3/h5-6,9,14-15H,4,7-8,10H2,1-3H3,(H,20,23). The molecule has 1 aromatic rings. The Morgan fingerprint density at radius 1 is 1.36 bits per heavy atom. The first-order chi connectivity index (χ1) is 11.8. The minimum Gasteiger partial charge on any atom is -0.353 e. The van der Waals surface area contributed by atoms with E-state index < -0.39 is 6.04 Å². The number of halogens is 2. The fourth-order valence-corrected chi connectivity index (χ4v) is 4.52. The largest absolute Gasteiger partial charge is 0.353 e. The van der Waals surface area contributed by atoms with Gasteiger partial charge in [0.05, 0.1) is 16.0 Å². The summed E-state index contributed by atoms with van der Waals surface area (Å²) in [7, 11) is 3.89. The van der Waals surface area contributed by atoms with Gasteiger partial charge in [-0.1, -0.05) is 30.1 Å². The predicted octanol–water partition coefficient (Wildman–Crippen LogP) is 2.96. The van der Waals surface area contributed by atoms with Gasteiger partial charge in [-0.3, -0.25) is 9.59 Å². The molecule has 2 unspecified atom stereocenters. The quantitative estimate of drug-likeness (QED) is 0.792. The normalized spacial score (nSPS) is 20.2. The van der Waals surface area contributed by atoms with Crippen molar-refractivity contribution in [2.75, 3.05) is 32.9 Å². The van der Waals surface area contributed by atoms with Crippen molar-refractivity contribution in [3.8, 4) is 0 Å². The van der Waals surface area contributed by atoms with Gasteiger partial charge in [0, 0.05) is 23.9 Å². The maximum atomic E-state index is 13.0. The van der Waals surface area contributed by atoms with E-state index in [9.17, 15) is 9.59 Å². The number of rotatable bonds is 6. The van der Waals surface area contributed by atoms with E-state index in [2.05, 4.69) is 5.32 Å². The Morgan fingerprint density at radius 2 is 2.08 bits per heavy atom. The number of carbonyl (C=O) groups excluding carboxylic acids is 2. The highest BCUT2D eigenvalue weighted by Crippen LogP contribution is 2.34. The lowest BCUT2D eigenvalue weighted by Crippen LogP contribution is -2.50. The molecule has 0 aromatic heterocycles. The van der Waals surface area contributed by atoms with Gasteiger partial charge in [-0.25, -0.2) is 0 Å². The van der Waals surface area contributed by atoms with Gasteiger partial charge in [-0.2, -0.15) is 0 Å². The van der Waals surface area contributed by atoms with Crippen molar-refractivity contribution < 1.29 is 9.59 Å². The molecule has 8 heteroatoms. The third-order valence-electron chi connectivity index (χ3n) is 4.00. The highest BCUT2D eigenvalue weighted by Gasteiger charge is 2.41. The van der Waals surface area contributed by atoms with E-state index in [1.807, 2.05) is 25.9 Å². The second-order valence-electron chi connectivity index (χ2n) is 6.14. The van der Waals surface area contributed by atoms with Crippen LogP contribution in [0.5, 0.6) is 0 Å². The van der Waals surface area contributed by atoms with E-state index in [0.717, 1.165) is 13.0 Å². The molecule has 25 heavy (non-hydrogen) atoms. The molecule has 0 bridgehead atoms. The number of carbonyl (C=O) groups is 2. The molecule has 1 N–H and O–H groups in total. The Bertz CT molecular complexity index is 642. The van der Waals surface area contributed by atoms with Crippen molar-refractivity contribution in [3.05, 3.63) is 33.8 Å². The van der Waals surface area contributed by atoms with Crippen LogP contribution in [0.2, 0.25) is 10.0 Å². The highest BCUT2D eigenvalue weighted by atomic mass is 35.5. The average molecular weight is 404 g/mol. The van der Waals surface area contributed by atoms with Crippen molar-refractivity contribution in [2.24, 2.45) is 0 Å². The summed E-state index contributed by atoms with van der Waals surface area (Å²) >= 11 is 13.7. The maximum Gasteiger partial charge on any atom is 0.256 e. The molecule has 1 aromatic carbocycles. The molecule has 1 aliphatic heterocycles. The molecule has 1 heterocycles. The van der Waals surface area contributed by atoms with Crippen LogP contribution in [0, 0.1) is 0 Å². The van der Waals surface area contributed by atoms with Crippen molar-refractivity contribution in [1.82, 2.24) is 15.1 Å². The van der Waals surface area contributed by atoms with E-state index in [4.69, 9.17) is 23.2 Å². The fraction of sp³-hybridized carbons (Fsp3) is 0.529. The molecule has 2 amide bonds. The van der Waals surface area contributed by atoms with Gasteiger partial charge >= 0.3 is 0 Å². The van der Waals surface area contributed by atoms with Crippen LogP contribution >= 0.6 is 35.0 Å². The molecule has 0 spiro atoms. The topological polar surface area (TPSA) is 52.7 Å². The lowest BCUT2D eigenvalue weighted by molar-refractivity contribution is -0.124. The van der Waals surface area contributed by atoms with E-state index in [1.54, 1.807) is 34.9 Å². The van der Waals surface area contributed by atoms with Crippen LogP contribution in [0.15, 0.2) is 18.2 Å². The van der Waals surface area contributed by atoms with Gasteiger partial charge in [0.2, 0.25) is 5.91 Å².